The smallest absolute Gasteiger partial charge is 0.271 e. The third kappa shape index (κ3) is 3.14. The number of carbonyl (C=O) groups is 1. The summed E-state index contributed by atoms with van der Waals surface area (Å²) in [4.78, 5) is 13.4. The molecule has 120 valence electrons. The molecule has 7 heteroatoms. The lowest BCUT2D eigenvalue weighted by Crippen LogP contribution is -2.26. The minimum absolute atomic E-state index is 0.180. The van der Waals surface area contributed by atoms with E-state index in [-0.39, 0.29) is 23.5 Å². The van der Waals surface area contributed by atoms with E-state index in [2.05, 4.69) is 15.5 Å². The summed E-state index contributed by atoms with van der Waals surface area (Å²) in [5.74, 6) is -0.0828. The Kier molecular flexibility index (Phi) is 4.20. The number of anilines is 1. The van der Waals surface area contributed by atoms with Gasteiger partial charge in [-0.05, 0) is 36.2 Å². The summed E-state index contributed by atoms with van der Waals surface area (Å²) in [6, 6.07) is 9.40. The lowest BCUT2D eigenvalue weighted by Gasteiger charge is -2.25. The monoisotopic (exact) mass is 316 g/mol. The summed E-state index contributed by atoms with van der Waals surface area (Å²) in [6.45, 7) is 0.384. The highest BCUT2D eigenvalue weighted by molar-refractivity contribution is 5.91. The molecule has 23 heavy (non-hydrogen) atoms. The van der Waals surface area contributed by atoms with Gasteiger partial charge >= 0.3 is 0 Å². The van der Waals surface area contributed by atoms with Crippen molar-refractivity contribution in [3.8, 4) is 0 Å². The van der Waals surface area contributed by atoms with Crippen molar-refractivity contribution in [2.45, 2.75) is 18.6 Å². The number of aliphatic hydroxyl groups is 1. The van der Waals surface area contributed by atoms with Crippen molar-refractivity contribution in [2.24, 2.45) is 0 Å². The fourth-order valence-electron chi connectivity index (χ4n) is 2.82. The van der Waals surface area contributed by atoms with Crippen LogP contribution in [-0.2, 0) is 0 Å². The molecule has 0 bridgehead atoms. The molecule has 1 aliphatic rings. The van der Waals surface area contributed by atoms with Crippen LogP contribution < -0.4 is 10.2 Å². The molecule has 0 spiro atoms. The highest BCUT2D eigenvalue weighted by atomic mass is 19.1. The molecular weight excluding hydrogens is 299 g/mol. The van der Waals surface area contributed by atoms with E-state index in [1.165, 1.54) is 19.2 Å². The number of β-amino-alcohol motifs (C(OH)–C–C–N with tert-alkyl or cyclic N) is 1. The van der Waals surface area contributed by atoms with Gasteiger partial charge in [0.05, 0.1) is 12.1 Å². The molecule has 2 aromatic rings. The highest BCUT2D eigenvalue weighted by Crippen LogP contribution is 2.35. The van der Waals surface area contributed by atoms with Gasteiger partial charge in [-0.25, -0.2) is 4.39 Å². The second-order valence-electron chi connectivity index (χ2n) is 5.47. The molecule has 2 atom stereocenters. The number of benzene rings is 1. The maximum Gasteiger partial charge on any atom is 0.271 e. The Morgan fingerprint density at radius 2 is 2.17 bits per heavy atom. The lowest BCUT2D eigenvalue weighted by molar-refractivity contribution is 0.0957. The first kappa shape index (κ1) is 15.4. The number of aromatic nitrogens is 2. The van der Waals surface area contributed by atoms with Crippen molar-refractivity contribution in [1.29, 1.82) is 0 Å². The maximum atomic E-state index is 13.5. The molecule has 0 saturated carbocycles. The van der Waals surface area contributed by atoms with Crippen LogP contribution in [0.25, 0.3) is 0 Å². The molecule has 6 nitrogen and oxygen atoms in total. The van der Waals surface area contributed by atoms with Gasteiger partial charge in [0, 0.05) is 13.6 Å². The normalized spacial score (nSPS) is 20.6. The average Bonchev–Trinajstić information content (AvgIpc) is 2.96. The quantitative estimate of drug-likeness (QED) is 0.892. The van der Waals surface area contributed by atoms with Gasteiger partial charge in [0.2, 0.25) is 0 Å². The first-order valence-electron chi connectivity index (χ1n) is 7.34. The molecule has 1 aromatic carbocycles. The van der Waals surface area contributed by atoms with Crippen LogP contribution in [0.15, 0.2) is 36.4 Å². The SMILES string of the molecule is CNC(=O)c1ccc(N2CC(O)CC2c2cccc(F)c2)nn1. The fraction of sp³-hybridized carbons (Fsp3) is 0.312. The molecule has 3 rings (SSSR count). The summed E-state index contributed by atoms with van der Waals surface area (Å²) < 4.78 is 13.5. The van der Waals surface area contributed by atoms with E-state index in [1.807, 2.05) is 11.0 Å². The second-order valence-corrected chi connectivity index (χ2v) is 5.47. The van der Waals surface area contributed by atoms with Crippen LogP contribution >= 0.6 is 0 Å². The lowest BCUT2D eigenvalue weighted by atomic mass is 10.0. The zero-order valence-corrected chi connectivity index (χ0v) is 12.6. The number of rotatable bonds is 3. The predicted octanol–water partition coefficient (Wildman–Crippen LogP) is 1.29. The van der Waals surface area contributed by atoms with Crippen molar-refractivity contribution < 1.29 is 14.3 Å². The molecule has 0 aliphatic carbocycles. The Bertz CT molecular complexity index is 707. The summed E-state index contributed by atoms with van der Waals surface area (Å²) in [7, 11) is 1.52. The van der Waals surface area contributed by atoms with Gasteiger partial charge < -0.3 is 15.3 Å². The molecule has 1 saturated heterocycles. The van der Waals surface area contributed by atoms with Gasteiger partial charge in [-0.2, -0.15) is 0 Å². The van der Waals surface area contributed by atoms with E-state index < -0.39 is 6.10 Å². The van der Waals surface area contributed by atoms with E-state index in [1.54, 1.807) is 18.2 Å². The minimum Gasteiger partial charge on any atom is -0.391 e. The third-order valence-corrected chi connectivity index (χ3v) is 3.92. The van der Waals surface area contributed by atoms with Gasteiger partial charge in [0.1, 0.15) is 5.82 Å². The van der Waals surface area contributed by atoms with E-state index >= 15 is 0 Å². The van der Waals surface area contributed by atoms with Gasteiger partial charge in [-0.15, -0.1) is 10.2 Å². The second kappa shape index (κ2) is 6.29. The first-order chi connectivity index (χ1) is 11.1. The van der Waals surface area contributed by atoms with E-state index in [4.69, 9.17) is 0 Å². The van der Waals surface area contributed by atoms with Crippen molar-refractivity contribution >= 4 is 11.7 Å². The Labute approximate surface area is 133 Å². The maximum absolute atomic E-state index is 13.5. The number of amides is 1. The third-order valence-electron chi connectivity index (χ3n) is 3.92. The van der Waals surface area contributed by atoms with Crippen LogP contribution in [0.5, 0.6) is 0 Å². The van der Waals surface area contributed by atoms with E-state index in [0.717, 1.165) is 5.56 Å². The van der Waals surface area contributed by atoms with Crippen LogP contribution in [0, 0.1) is 5.82 Å². The summed E-state index contributed by atoms with van der Waals surface area (Å²) in [5, 5.41) is 20.5. The first-order valence-corrected chi connectivity index (χ1v) is 7.34. The van der Waals surface area contributed by atoms with Crippen LogP contribution in [0.2, 0.25) is 0 Å². The molecular formula is C16H17FN4O2. The van der Waals surface area contributed by atoms with Crippen molar-refractivity contribution in [2.75, 3.05) is 18.5 Å². The summed E-state index contributed by atoms with van der Waals surface area (Å²) >= 11 is 0. The molecule has 2 heterocycles. The molecule has 2 unspecified atom stereocenters. The molecule has 0 radical (unpaired) electrons. The average molecular weight is 316 g/mol. The Morgan fingerprint density at radius 1 is 1.35 bits per heavy atom. The molecule has 1 aliphatic heterocycles. The number of carbonyl (C=O) groups excluding carboxylic acids is 1. The molecule has 1 amide bonds. The number of hydrogen-bond acceptors (Lipinski definition) is 5. The number of nitrogens with zero attached hydrogens (tertiary/aromatic N) is 3. The largest absolute Gasteiger partial charge is 0.391 e. The summed E-state index contributed by atoms with van der Waals surface area (Å²) in [5.41, 5.74) is 0.997. The zero-order chi connectivity index (χ0) is 16.4. The van der Waals surface area contributed by atoms with E-state index in [9.17, 15) is 14.3 Å². The summed E-state index contributed by atoms with van der Waals surface area (Å²) in [6.07, 6.45) is -0.0359. The van der Waals surface area contributed by atoms with Gasteiger partial charge in [-0.1, -0.05) is 12.1 Å². The number of nitrogens with one attached hydrogen (secondary N) is 1. The number of aliphatic hydroxyl groups excluding tert-OH is 1. The van der Waals surface area contributed by atoms with Gasteiger partial charge in [0.15, 0.2) is 11.5 Å². The molecule has 1 fully saturated rings. The molecule has 1 aromatic heterocycles. The standard InChI is InChI=1S/C16H17FN4O2/c1-18-16(23)13-5-6-15(20-19-13)21-9-12(22)8-14(21)10-3-2-4-11(17)7-10/h2-7,12,14,22H,8-9H2,1H3,(H,18,23). The van der Waals surface area contributed by atoms with E-state index in [0.29, 0.717) is 18.8 Å². The number of halogens is 1. The van der Waals surface area contributed by atoms with Crippen LogP contribution in [-0.4, -0.2) is 40.9 Å². The predicted molar refractivity (Wildman–Crippen MR) is 82.5 cm³/mol. The van der Waals surface area contributed by atoms with Crippen molar-refractivity contribution in [3.05, 3.63) is 53.5 Å². The Hall–Kier alpha value is -2.54. The Morgan fingerprint density at radius 3 is 2.83 bits per heavy atom. The van der Waals surface area contributed by atoms with Crippen molar-refractivity contribution in [1.82, 2.24) is 15.5 Å². The fourth-order valence-corrected chi connectivity index (χ4v) is 2.82. The Balaban J connectivity index is 1.89. The zero-order valence-electron chi connectivity index (χ0n) is 12.6. The number of hydrogen-bond donors (Lipinski definition) is 2. The van der Waals surface area contributed by atoms with Crippen molar-refractivity contribution in [3.63, 3.8) is 0 Å². The van der Waals surface area contributed by atoms with Gasteiger partial charge in [0.25, 0.3) is 5.91 Å². The van der Waals surface area contributed by atoms with Crippen LogP contribution in [0.1, 0.15) is 28.5 Å². The van der Waals surface area contributed by atoms with Crippen LogP contribution in [0.4, 0.5) is 10.2 Å². The van der Waals surface area contributed by atoms with Gasteiger partial charge in [-0.3, -0.25) is 4.79 Å². The topological polar surface area (TPSA) is 78.4 Å². The highest BCUT2D eigenvalue weighted by Gasteiger charge is 2.33. The minimum atomic E-state index is -0.524. The molecule has 2 N–H and O–H groups in total. The van der Waals surface area contributed by atoms with Crippen LogP contribution in [0.3, 0.4) is 0 Å².